The van der Waals surface area contributed by atoms with Crippen LogP contribution >= 0.6 is 0 Å². The lowest BCUT2D eigenvalue weighted by molar-refractivity contribution is -0.116. The molecule has 1 aromatic rings. The molecule has 0 aromatic heterocycles. The molecule has 1 heterocycles. The van der Waals surface area contributed by atoms with Crippen molar-refractivity contribution in [3.8, 4) is 0 Å². The number of nitrogens with zero attached hydrogens (tertiary/aromatic N) is 1. The van der Waals surface area contributed by atoms with E-state index in [0.29, 0.717) is 13.0 Å². The van der Waals surface area contributed by atoms with Gasteiger partial charge in [0.1, 0.15) is 0 Å². The van der Waals surface area contributed by atoms with Crippen molar-refractivity contribution in [3.05, 3.63) is 29.8 Å². The molecule has 4 N–H and O–H groups in total. The van der Waals surface area contributed by atoms with E-state index < -0.39 is 0 Å². The van der Waals surface area contributed by atoms with Gasteiger partial charge < -0.3 is 16.2 Å². The van der Waals surface area contributed by atoms with Crippen molar-refractivity contribution in [1.29, 1.82) is 0 Å². The molecule has 5 heteroatoms. The highest BCUT2D eigenvalue weighted by Gasteiger charge is 2.22. The van der Waals surface area contributed by atoms with Gasteiger partial charge in [0.15, 0.2) is 0 Å². The van der Waals surface area contributed by atoms with Gasteiger partial charge in [-0.25, -0.2) is 0 Å². The van der Waals surface area contributed by atoms with E-state index in [9.17, 15) is 9.90 Å². The second kappa shape index (κ2) is 8.12. The fourth-order valence-corrected chi connectivity index (χ4v) is 2.87. The van der Waals surface area contributed by atoms with Crippen LogP contribution in [0.25, 0.3) is 0 Å². The van der Waals surface area contributed by atoms with E-state index in [1.807, 2.05) is 24.3 Å². The Morgan fingerprint density at radius 3 is 3.00 bits per heavy atom. The Hall–Kier alpha value is -1.43. The Kier molecular flexibility index (Phi) is 6.17. The molecule has 2 rings (SSSR count). The summed E-state index contributed by atoms with van der Waals surface area (Å²) in [4.78, 5) is 14.3. The summed E-state index contributed by atoms with van der Waals surface area (Å²) in [6.07, 6.45) is 3.51. The van der Waals surface area contributed by atoms with Crippen LogP contribution in [0.5, 0.6) is 0 Å². The topological polar surface area (TPSA) is 78.6 Å². The largest absolute Gasteiger partial charge is 0.395 e. The van der Waals surface area contributed by atoms with Crippen LogP contribution in [0.3, 0.4) is 0 Å². The molecule has 1 unspecified atom stereocenters. The van der Waals surface area contributed by atoms with Crippen LogP contribution < -0.4 is 11.1 Å². The number of hydrogen-bond donors (Lipinski definition) is 3. The minimum atomic E-state index is 0.0237. The molecule has 0 spiro atoms. The standard InChI is InChI=1S/C16H25N3O2/c17-11-13-5-1-2-7-15(13)18-16(21)8-4-10-19-9-3-6-14(19)12-20/h1-2,5,7,14,20H,3-4,6,8-12,17H2,(H,18,21). The zero-order chi connectivity index (χ0) is 15.1. The van der Waals surface area contributed by atoms with Crippen LogP contribution in [-0.4, -0.2) is 41.7 Å². The highest BCUT2D eigenvalue weighted by molar-refractivity contribution is 5.91. The van der Waals surface area contributed by atoms with Gasteiger partial charge in [0, 0.05) is 24.7 Å². The second-order valence-electron chi connectivity index (χ2n) is 5.53. The number of amides is 1. The van der Waals surface area contributed by atoms with Gasteiger partial charge in [0.2, 0.25) is 5.91 Å². The molecule has 1 atom stereocenters. The van der Waals surface area contributed by atoms with Crippen LogP contribution in [0.15, 0.2) is 24.3 Å². The van der Waals surface area contributed by atoms with E-state index >= 15 is 0 Å². The minimum absolute atomic E-state index is 0.0237. The van der Waals surface area contributed by atoms with Gasteiger partial charge in [-0.15, -0.1) is 0 Å². The van der Waals surface area contributed by atoms with Gasteiger partial charge in [0.05, 0.1) is 6.61 Å². The van der Waals surface area contributed by atoms with Crippen LogP contribution in [0.4, 0.5) is 5.69 Å². The lowest BCUT2D eigenvalue weighted by Gasteiger charge is -2.22. The summed E-state index contributed by atoms with van der Waals surface area (Å²) in [5.41, 5.74) is 7.41. The van der Waals surface area contributed by atoms with E-state index in [-0.39, 0.29) is 18.6 Å². The number of nitrogens with one attached hydrogen (secondary N) is 1. The third kappa shape index (κ3) is 4.52. The van der Waals surface area contributed by atoms with E-state index in [1.165, 1.54) is 0 Å². The smallest absolute Gasteiger partial charge is 0.224 e. The first-order valence-electron chi connectivity index (χ1n) is 7.67. The fraction of sp³-hybridized carbons (Fsp3) is 0.562. The molecule has 116 valence electrons. The van der Waals surface area contributed by atoms with Gasteiger partial charge in [-0.1, -0.05) is 18.2 Å². The Morgan fingerprint density at radius 2 is 2.24 bits per heavy atom. The van der Waals surface area contributed by atoms with Gasteiger partial charge in [-0.3, -0.25) is 9.69 Å². The number of aliphatic hydroxyl groups excluding tert-OH is 1. The molecule has 1 aromatic carbocycles. The number of anilines is 1. The van der Waals surface area contributed by atoms with E-state index in [0.717, 1.165) is 43.6 Å². The number of aliphatic hydroxyl groups is 1. The molecule has 0 aliphatic carbocycles. The van der Waals surface area contributed by atoms with Gasteiger partial charge in [0.25, 0.3) is 0 Å². The van der Waals surface area contributed by atoms with Crippen molar-refractivity contribution < 1.29 is 9.90 Å². The normalized spacial score (nSPS) is 18.9. The summed E-state index contributed by atoms with van der Waals surface area (Å²) in [5.74, 6) is 0.0237. The van der Waals surface area contributed by atoms with Crippen LogP contribution in [-0.2, 0) is 11.3 Å². The Labute approximate surface area is 126 Å². The Bertz CT molecular complexity index is 465. The van der Waals surface area contributed by atoms with Gasteiger partial charge >= 0.3 is 0 Å². The number of carbonyl (C=O) groups excluding carboxylic acids is 1. The van der Waals surface area contributed by atoms with Crippen molar-refractivity contribution >= 4 is 11.6 Å². The number of nitrogens with two attached hydrogens (primary N) is 1. The highest BCUT2D eigenvalue weighted by atomic mass is 16.3. The first kappa shape index (κ1) is 15.9. The zero-order valence-corrected chi connectivity index (χ0v) is 12.4. The second-order valence-corrected chi connectivity index (χ2v) is 5.53. The monoisotopic (exact) mass is 291 g/mol. The third-order valence-corrected chi connectivity index (χ3v) is 4.07. The molecule has 1 amide bonds. The van der Waals surface area contributed by atoms with Crippen LogP contribution in [0.1, 0.15) is 31.2 Å². The van der Waals surface area contributed by atoms with Crippen molar-refractivity contribution in [1.82, 2.24) is 4.90 Å². The average Bonchev–Trinajstić information content (AvgIpc) is 2.95. The highest BCUT2D eigenvalue weighted by Crippen LogP contribution is 2.18. The molecule has 0 radical (unpaired) electrons. The fourth-order valence-electron chi connectivity index (χ4n) is 2.87. The van der Waals surface area contributed by atoms with Crippen molar-refractivity contribution in [2.75, 3.05) is 25.0 Å². The molecule has 5 nitrogen and oxygen atoms in total. The molecule has 1 saturated heterocycles. The van der Waals surface area contributed by atoms with Crippen LogP contribution in [0, 0.1) is 0 Å². The molecule has 0 bridgehead atoms. The summed E-state index contributed by atoms with van der Waals surface area (Å²) in [7, 11) is 0. The number of hydrogen-bond acceptors (Lipinski definition) is 4. The summed E-state index contributed by atoms with van der Waals surface area (Å²) in [6, 6.07) is 7.89. The molecule has 1 aliphatic rings. The lowest BCUT2D eigenvalue weighted by Crippen LogP contribution is -2.33. The van der Waals surface area contributed by atoms with E-state index in [4.69, 9.17) is 5.73 Å². The van der Waals surface area contributed by atoms with E-state index in [1.54, 1.807) is 0 Å². The van der Waals surface area contributed by atoms with Gasteiger partial charge in [-0.2, -0.15) is 0 Å². The Morgan fingerprint density at radius 1 is 1.43 bits per heavy atom. The molecular formula is C16H25N3O2. The van der Waals surface area contributed by atoms with E-state index in [2.05, 4.69) is 10.2 Å². The first-order valence-corrected chi connectivity index (χ1v) is 7.67. The summed E-state index contributed by atoms with van der Waals surface area (Å²) in [6.45, 7) is 2.54. The van der Waals surface area contributed by atoms with Crippen molar-refractivity contribution in [2.24, 2.45) is 5.73 Å². The predicted octanol–water partition coefficient (Wildman–Crippen LogP) is 1.32. The quantitative estimate of drug-likeness (QED) is 0.708. The number of rotatable bonds is 7. The summed E-state index contributed by atoms with van der Waals surface area (Å²) >= 11 is 0. The molecule has 0 saturated carbocycles. The number of benzene rings is 1. The first-order chi connectivity index (χ1) is 10.2. The summed E-state index contributed by atoms with van der Waals surface area (Å²) < 4.78 is 0. The zero-order valence-electron chi connectivity index (χ0n) is 12.4. The predicted molar refractivity (Wildman–Crippen MR) is 83.9 cm³/mol. The molecular weight excluding hydrogens is 266 g/mol. The molecule has 21 heavy (non-hydrogen) atoms. The summed E-state index contributed by atoms with van der Waals surface area (Å²) in [5, 5.41) is 12.2. The molecule has 1 aliphatic heterocycles. The number of likely N-dealkylation sites (tertiary alicyclic amines) is 1. The van der Waals surface area contributed by atoms with Crippen LogP contribution in [0.2, 0.25) is 0 Å². The van der Waals surface area contributed by atoms with Gasteiger partial charge in [-0.05, 0) is 44.0 Å². The maximum absolute atomic E-state index is 12.0. The third-order valence-electron chi connectivity index (χ3n) is 4.07. The van der Waals surface area contributed by atoms with Crippen molar-refractivity contribution in [2.45, 2.75) is 38.3 Å². The number of carbonyl (C=O) groups is 1. The average molecular weight is 291 g/mol. The SMILES string of the molecule is NCc1ccccc1NC(=O)CCCN1CCCC1CO. The minimum Gasteiger partial charge on any atom is -0.395 e. The number of para-hydroxylation sites is 1. The Balaban J connectivity index is 1.75. The lowest BCUT2D eigenvalue weighted by atomic mass is 10.1. The maximum atomic E-state index is 12.0. The molecule has 1 fully saturated rings. The maximum Gasteiger partial charge on any atom is 0.224 e. The van der Waals surface area contributed by atoms with Crippen molar-refractivity contribution in [3.63, 3.8) is 0 Å².